The molecule has 3 nitrogen and oxygen atoms in total. The molecule has 0 amide bonds. The second-order valence-corrected chi connectivity index (χ2v) is 8.56. The number of carbonyl (C=O) groups is 1. The van der Waals surface area contributed by atoms with Crippen LogP contribution in [0.2, 0.25) is 0 Å². The van der Waals surface area contributed by atoms with Crippen LogP contribution in [0.1, 0.15) is 36.2 Å². The van der Waals surface area contributed by atoms with E-state index in [1.165, 1.54) is 6.92 Å². The maximum atomic E-state index is 14.5. The van der Waals surface area contributed by atoms with Crippen LogP contribution in [0.5, 0.6) is 0 Å². The smallest absolute Gasteiger partial charge is 0.460 e. The Kier molecular flexibility index (Phi) is 9.46. The van der Waals surface area contributed by atoms with E-state index in [1.54, 1.807) is 0 Å². The monoisotopic (exact) mass is 640 g/mol. The summed E-state index contributed by atoms with van der Waals surface area (Å²) in [5.74, 6) is -58.0. The van der Waals surface area contributed by atoms with E-state index in [4.69, 9.17) is 0 Å². The Hall–Kier alpha value is -2.54. The van der Waals surface area contributed by atoms with Gasteiger partial charge in [-0.1, -0.05) is 12.1 Å². The van der Waals surface area contributed by atoms with Crippen LogP contribution >= 0.6 is 0 Å². The zero-order chi connectivity index (χ0) is 32.9. The van der Waals surface area contributed by atoms with Crippen molar-refractivity contribution in [2.24, 2.45) is 0 Å². The molecule has 0 fully saturated rings. The number of alkyl halides is 17. The van der Waals surface area contributed by atoms with Gasteiger partial charge in [-0.05, 0) is 31.5 Å². The van der Waals surface area contributed by atoms with Crippen molar-refractivity contribution in [1.82, 2.24) is 0 Å². The van der Waals surface area contributed by atoms with Gasteiger partial charge in [0.25, 0.3) is 0 Å². The molecule has 1 unspecified atom stereocenters. The van der Waals surface area contributed by atoms with Crippen LogP contribution in [-0.2, 0) is 15.1 Å². The lowest BCUT2D eigenvalue weighted by Crippen LogP contribution is -2.74. The first-order valence-electron chi connectivity index (χ1n) is 10.5. The molecule has 0 aromatic heterocycles. The SMILES string of the molecule is CCOC(=O)c1ccc(C(C)(CC(F)(F)C(F)(F)C(F)(F)C(F)(F)C(F)(F)C(F)(F)C(F)(F)C(F)(F)F)OC)cc1. The van der Waals surface area contributed by atoms with E-state index in [1.807, 2.05) is 0 Å². The Morgan fingerprint density at radius 3 is 1.34 bits per heavy atom. The van der Waals surface area contributed by atoms with E-state index in [0.29, 0.717) is 26.2 Å². The third kappa shape index (κ3) is 5.51. The molecule has 1 aromatic rings. The molecule has 0 N–H and O–H groups in total. The third-order valence-electron chi connectivity index (χ3n) is 5.80. The van der Waals surface area contributed by atoms with Gasteiger partial charge >= 0.3 is 53.6 Å². The molecule has 0 spiro atoms. The molecule has 0 aliphatic rings. The van der Waals surface area contributed by atoms with Crippen molar-refractivity contribution in [3.63, 3.8) is 0 Å². The van der Waals surface area contributed by atoms with Crippen molar-refractivity contribution in [2.45, 2.75) is 73.5 Å². The van der Waals surface area contributed by atoms with E-state index in [0.717, 1.165) is 12.1 Å². The number of hydrogen-bond donors (Lipinski definition) is 0. The molecule has 0 heterocycles. The molecule has 1 rings (SSSR count). The number of benzene rings is 1. The van der Waals surface area contributed by atoms with Gasteiger partial charge in [-0.3, -0.25) is 0 Å². The molecule has 1 atom stereocenters. The molecule has 0 aliphatic heterocycles. The number of carbonyl (C=O) groups excluding carboxylic acids is 1. The molecule has 0 saturated carbocycles. The maximum Gasteiger partial charge on any atom is 0.460 e. The highest BCUT2D eigenvalue weighted by Gasteiger charge is 2.95. The summed E-state index contributed by atoms with van der Waals surface area (Å²) in [5.41, 5.74) is -3.88. The second-order valence-electron chi connectivity index (χ2n) is 8.56. The van der Waals surface area contributed by atoms with Gasteiger partial charge in [0.2, 0.25) is 0 Å². The van der Waals surface area contributed by atoms with Gasteiger partial charge in [0, 0.05) is 7.11 Å². The molecular weight excluding hydrogens is 623 g/mol. The average molecular weight is 640 g/mol. The van der Waals surface area contributed by atoms with Crippen molar-refractivity contribution in [1.29, 1.82) is 0 Å². The molecule has 1 aromatic carbocycles. The lowest BCUT2D eigenvalue weighted by Gasteiger charge is -2.44. The van der Waals surface area contributed by atoms with Gasteiger partial charge < -0.3 is 9.47 Å². The summed E-state index contributed by atoms with van der Waals surface area (Å²) in [5, 5.41) is 0. The van der Waals surface area contributed by atoms with Gasteiger partial charge in [0.15, 0.2) is 0 Å². The number of methoxy groups -OCH3 is 1. The molecule has 41 heavy (non-hydrogen) atoms. The Labute approximate surface area is 218 Å². The van der Waals surface area contributed by atoms with E-state index >= 15 is 0 Å². The molecule has 0 bridgehead atoms. The fourth-order valence-electron chi connectivity index (χ4n) is 3.20. The van der Waals surface area contributed by atoms with E-state index in [9.17, 15) is 79.4 Å². The fourth-order valence-corrected chi connectivity index (χ4v) is 3.20. The van der Waals surface area contributed by atoms with Crippen molar-refractivity contribution in [3.05, 3.63) is 35.4 Å². The highest BCUT2D eigenvalue weighted by molar-refractivity contribution is 5.89. The number of hydrogen-bond acceptors (Lipinski definition) is 3. The summed E-state index contributed by atoms with van der Waals surface area (Å²) < 4.78 is 239. The Morgan fingerprint density at radius 1 is 0.634 bits per heavy atom. The predicted molar refractivity (Wildman–Crippen MR) is 102 cm³/mol. The lowest BCUT2D eigenvalue weighted by atomic mass is 9.83. The normalized spacial score (nSPS) is 16.4. The number of esters is 1. The summed E-state index contributed by atoms with van der Waals surface area (Å²) >= 11 is 0. The number of rotatable bonds is 12. The standard InChI is InChI=1S/C21H17F17O3/c1-4-41-12(39)10-5-7-11(8-6-10)13(2,40-3)9-14(22,23)15(24,25)16(26,27)17(28,29)18(30,31)19(32,33)20(34,35)21(36,37)38/h5-8H,4,9H2,1-3H3. The Morgan fingerprint density at radius 2 is 1.00 bits per heavy atom. The topological polar surface area (TPSA) is 35.5 Å². The minimum atomic E-state index is -8.70. The highest BCUT2D eigenvalue weighted by Crippen LogP contribution is 2.64. The zero-order valence-corrected chi connectivity index (χ0v) is 20.4. The molecule has 0 saturated heterocycles. The van der Waals surface area contributed by atoms with Crippen molar-refractivity contribution in [2.75, 3.05) is 13.7 Å². The van der Waals surface area contributed by atoms with Gasteiger partial charge in [-0.2, -0.15) is 74.6 Å². The minimum Gasteiger partial charge on any atom is -0.462 e. The molecule has 0 aliphatic carbocycles. The van der Waals surface area contributed by atoms with Gasteiger partial charge in [-0.25, -0.2) is 4.79 Å². The molecular formula is C21H17F17O3. The van der Waals surface area contributed by atoms with Gasteiger partial charge in [0.1, 0.15) is 0 Å². The van der Waals surface area contributed by atoms with Crippen LogP contribution in [0.3, 0.4) is 0 Å². The average Bonchev–Trinajstić information content (AvgIpc) is 2.82. The maximum absolute atomic E-state index is 14.5. The van der Waals surface area contributed by atoms with Crippen molar-refractivity contribution >= 4 is 5.97 Å². The third-order valence-corrected chi connectivity index (χ3v) is 5.80. The zero-order valence-electron chi connectivity index (χ0n) is 20.4. The summed E-state index contributed by atoms with van der Waals surface area (Å²) in [4.78, 5) is 11.7. The lowest BCUT2D eigenvalue weighted by molar-refractivity contribution is -0.462. The highest BCUT2D eigenvalue weighted by atomic mass is 19.4. The van der Waals surface area contributed by atoms with Gasteiger partial charge in [-0.15, -0.1) is 0 Å². The van der Waals surface area contributed by atoms with Crippen LogP contribution in [0.25, 0.3) is 0 Å². The van der Waals surface area contributed by atoms with Crippen molar-refractivity contribution in [3.8, 4) is 0 Å². The summed E-state index contributed by atoms with van der Waals surface area (Å²) in [7, 11) is 0.480. The first-order valence-corrected chi connectivity index (χ1v) is 10.5. The van der Waals surface area contributed by atoms with E-state index in [2.05, 4.69) is 9.47 Å². The predicted octanol–water partition coefficient (Wildman–Crippen LogP) is 8.12. The van der Waals surface area contributed by atoms with Crippen LogP contribution in [0.15, 0.2) is 24.3 Å². The minimum absolute atomic E-state index is 0.144. The molecule has 238 valence electrons. The van der Waals surface area contributed by atoms with Gasteiger partial charge in [0.05, 0.1) is 24.2 Å². The second kappa shape index (κ2) is 10.6. The van der Waals surface area contributed by atoms with Crippen molar-refractivity contribution < 1.29 is 88.9 Å². The van der Waals surface area contributed by atoms with Crippen LogP contribution < -0.4 is 0 Å². The first-order chi connectivity index (χ1) is 18.0. The summed E-state index contributed by atoms with van der Waals surface area (Å²) in [6.07, 6.45) is -10.6. The molecule has 0 radical (unpaired) electrons. The largest absolute Gasteiger partial charge is 0.462 e. The summed E-state index contributed by atoms with van der Waals surface area (Å²) in [6.45, 7) is 1.68. The first kappa shape index (κ1) is 36.5. The quantitative estimate of drug-likeness (QED) is 0.171. The van der Waals surface area contributed by atoms with E-state index in [-0.39, 0.29) is 12.2 Å². The number of halogens is 17. The van der Waals surface area contributed by atoms with Crippen LogP contribution in [0, 0.1) is 0 Å². The fraction of sp³-hybridized carbons (Fsp3) is 0.667. The van der Waals surface area contributed by atoms with Crippen LogP contribution in [-0.4, -0.2) is 67.3 Å². The van der Waals surface area contributed by atoms with E-state index < -0.39 is 71.2 Å². The van der Waals surface area contributed by atoms with Crippen LogP contribution in [0.4, 0.5) is 74.6 Å². The Bertz CT molecular complexity index is 1080. The summed E-state index contributed by atoms with van der Waals surface area (Å²) in [6, 6.07) is 3.02. The molecule has 20 heteroatoms. The Balaban J connectivity index is 3.61. The number of ether oxygens (including phenoxy) is 2.